The van der Waals surface area contributed by atoms with E-state index in [1.807, 2.05) is 23.1 Å². The van der Waals surface area contributed by atoms with Crippen LogP contribution in [-0.4, -0.2) is 49.4 Å². The topological polar surface area (TPSA) is 49.9 Å². The van der Waals surface area contributed by atoms with Crippen molar-refractivity contribution in [3.63, 3.8) is 0 Å². The van der Waals surface area contributed by atoms with E-state index in [1.54, 1.807) is 24.3 Å². The third kappa shape index (κ3) is 5.09. The molecule has 0 unspecified atom stereocenters. The van der Waals surface area contributed by atoms with Crippen molar-refractivity contribution in [2.45, 2.75) is 0 Å². The van der Waals surface area contributed by atoms with Crippen molar-refractivity contribution in [2.24, 2.45) is 0 Å². The molecule has 1 amide bonds. The molecule has 1 aliphatic heterocycles. The summed E-state index contributed by atoms with van der Waals surface area (Å²) < 4.78 is 18.6. The molecule has 1 heterocycles. The van der Waals surface area contributed by atoms with Gasteiger partial charge in [0.15, 0.2) is 12.4 Å². The number of hydrogen-bond acceptors (Lipinski definition) is 4. The third-order valence-electron chi connectivity index (χ3n) is 5.34. The lowest BCUT2D eigenvalue weighted by Crippen LogP contribution is -2.50. The number of hydrogen-bond donors (Lipinski definition) is 0. The molecule has 0 aliphatic carbocycles. The van der Waals surface area contributed by atoms with Crippen LogP contribution in [0.5, 0.6) is 5.75 Å². The minimum atomic E-state index is -0.383. The number of carbonyl (C=O) groups excluding carboxylic acids is 2. The molecular weight excluding hydrogens is 395 g/mol. The van der Waals surface area contributed by atoms with Gasteiger partial charge in [-0.3, -0.25) is 9.59 Å². The molecule has 0 atom stereocenters. The molecular formula is C25H23FN2O3. The van der Waals surface area contributed by atoms with E-state index in [9.17, 15) is 14.0 Å². The Hall–Kier alpha value is -3.67. The van der Waals surface area contributed by atoms with Crippen molar-refractivity contribution in [2.75, 3.05) is 37.7 Å². The molecule has 1 aliphatic rings. The molecule has 158 valence electrons. The largest absolute Gasteiger partial charge is 0.484 e. The average Bonchev–Trinajstić information content (AvgIpc) is 2.83. The molecule has 6 heteroatoms. The molecule has 0 bridgehead atoms. The number of amides is 1. The Morgan fingerprint density at radius 1 is 0.774 bits per heavy atom. The Morgan fingerprint density at radius 2 is 1.35 bits per heavy atom. The maximum Gasteiger partial charge on any atom is 0.260 e. The maximum absolute atomic E-state index is 13.0. The second kappa shape index (κ2) is 9.43. The number of ketones is 1. The standard InChI is InChI=1S/C25H23FN2O3/c26-21-10-6-19(7-11-21)25(30)20-8-12-23(13-9-20)31-18-24(29)28-16-14-27(15-17-28)22-4-2-1-3-5-22/h1-13H,14-18H2. The van der Waals surface area contributed by atoms with E-state index in [0.29, 0.717) is 30.0 Å². The monoisotopic (exact) mass is 418 g/mol. The fourth-order valence-electron chi connectivity index (χ4n) is 3.56. The maximum atomic E-state index is 13.0. The lowest BCUT2D eigenvalue weighted by molar-refractivity contribution is -0.133. The van der Waals surface area contributed by atoms with Crippen LogP contribution in [0, 0.1) is 5.82 Å². The summed E-state index contributed by atoms with van der Waals surface area (Å²) in [6.45, 7) is 2.84. The Kier molecular flexibility index (Phi) is 6.26. The fourth-order valence-corrected chi connectivity index (χ4v) is 3.56. The Bertz CT molecular complexity index is 1030. The summed E-state index contributed by atoms with van der Waals surface area (Å²) in [6, 6.07) is 22.2. The van der Waals surface area contributed by atoms with Crippen LogP contribution >= 0.6 is 0 Å². The summed E-state index contributed by atoms with van der Waals surface area (Å²) in [7, 11) is 0. The number of ether oxygens (including phenoxy) is 1. The van der Waals surface area contributed by atoms with Gasteiger partial charge < -0.3 is 14.5 Å². The molecule has 3 aromatic rings. The number of benzene rings is 3. The zero-order valence-corrected chi connectivity index (χ0v) is 17.0. The van der Waals surface area contributed by atoms with Crippen molar-refractivity contribution >= 4 is 17.4 Å². The summed E-state index contributed by atoms with van der Waals surface area (Å²) in [5, 5.41) is 0. The van der Waals surface area contributed by atoms with E-state index in [4.69, 9.17) is 4.74 Å². The van der Waals surface area contributed by atoms with Crippen molar-refractivity contribution in [3.8, 4) is 5.75 Å². The van der Waals surface area contributed by atoms with Crippen LogP contribution in [0.4, 0.5) is 10.1 Å². The quantitative estimate of drug-likeness (QED) is 0.572. The number of halogens is 1. The first kappa shape index (κ1) is 20.6. The summed E-state index contributed by atoms with van der Waals surface area (Å²) >= 11 is 0. The van der Waals surface area contributed by atoms with Crippen LogP contribution in [0.1, 0.15) is 15.9 Å². The van der Waals surface area contributed by atoms with Crippen molar-refractivity contribution in [1.82, 2.24) is 4.90 Å². The molecule has 0 spiro atoms. The highest BCUT2D eigenvalue weighted by atomic mass is 19.1. The summed E-state index contributed by atoms with van der Waals surface area (Å²) in [4.78, 5) is 29.0. The number of rotatable bonds is 6. The number of para-hydroxylation sites is 1. The van der Waals surface area contributed by atoms with Gasteiger partial charge in [0.2, 0.25) is 0 Å². The number of piperazine rings is 1. The minimum absolute atomic E-state index is 0.0450. The van der Waals surface area contributed by atoms with E-state index in [1.165, 1.54) is 30.0 Å². The minimum Gasteiger partial charge on any atom is -0.484 e. The average molecular weight is 418 g/mol. The Morgan fingerprint density at radius 3 is 1.97 bits per heavy atom. The predicted octanol–water partition coefficient (Wildman–Crippen LogP) is 3.78. The van der Waals surface area contributed by atoms with Crippen molar-refractivity contribution < 1.29 is 18.7 Å². The summed E-state index contributed by atoms with van der Waals surface area (Å²) in [6.07, 6.45) is 0. The fraction of sp³-hybridized carbons (Fsp3) is 0.200. The lowest BCUT2D eigenvalue weighted by Gasteiger charge is -2.36. The normalized spacial score (nSPS) is 13.7. The van der Waals surface area contributed by atoms with Gasteiger partial charge in [0, 0.05) is 43.0 Å². The van der Waals surface area contributed by atoms with Crippen LogP contribution in [0.15, 0.2) is 78.9 Å². The van der Waals surface area contributed by atoms with E-state index in [0.717, 1.165) is 13.1 Å². The first-order valence-corrected chi connectivity index (χ1v) is 10.2. The third-order valence-corrected chi connectivity index (χ3v) is 5.34. The lowest BCUT2D eigenvalue weighted by atomic mass is 10.0. The molecule has 0 N–H and O–H groups in total. The first-order valence-electron chi connectivity index (χ1n) is 10.2. The number of carbonyl (C=O) groups is 2. The molecule has 4 rings (SSSR count). The number of nitrogens with zero attached hydrogens (tertiary/aromatic N) is 2. The molecule has 31 heavy (non-hydrogen) atoms. The molecule has 1 fully saturated rings. The molecule has 1 saturated heterocycles. The SMILES string of the molecule is O=C(c1ccc(F)cc1)c1ccc(OCC(=O)N2CCN(c3ccccc3)CC2)cc1. The summed E-state index contributed by atoms with van der Waals surface area (Å²) in [5.74, 6) is -0.114. The molecule has 0 saturated carbocycles. The van der Waals surface area contributed by atoms with Crippen LogP contribution in [-0.2, 0) is 4.79 Å². The molecule has 3 aromatic carbocycles. The number of anilines is 1. The smallest absolute Gasteiger partial charge is 0.260 e. The highest BCUT2D eigenvalue weighted by Gasteiger charge is 2.21. The van der Waals surface area contributed by atoms with Crippen LogP contribution in [0.2, 0.25) is 0 Å². The van der Waals surface area contributed by atoms with Gasteiger partial charge in [-0.25, -0.2) is 4.39 Å². The second-order valence-electron chi connectivity index (χ2n) is 7.35. The van der Waals surface area contributed by atoms with E-state index < -0.39 is 0 Å². The van der Waals surface area contributed by atoms with Gasteiger partial charge in [-0.2, -0.15) is 0 Å². The zero-order chi connectivity index (χ0) is 21.6. The van der Waals surface area contributed by atoms with Gasteiger partial charge in [-0.05, 0) is 60.7 Å². The highest BCUT2D eigenvalue weighted by molar-refractivity contribution is 6.09. The van der Waals surface area contributed by atoms with E-state index in [-0.39, 0.29) is 24.1 Å². The van der Waals surface area contributed by atoms with Gasteiger partial charge >= 0.3 is 0 Å². The Labute approximate surface area is 180 Å². The van der Waals surface area contributed by atoms with Crippen molar-refractivity contribution in [1.29, 1.82) is 0 Å². The van der Waals surface area contributed by atoms with Crippen LogP contribution in [0.25, 0.3) is 0 Å². The van der Waals surface area contributed by atoms with Gasteiger partial charge in [-0.15, -0.1) is 0 Å². The molecule has 5 nitrogen and oxygen atoms in total. The van der Waals surface area contributed by atoms with Crippen LogP contribution < -0.4 is 9.64 Å². The van der Waals surface area contributed by atoms with Crippen LogP contribution in [0.3, 0.4) is 0 Å². The second-order valence-corrected chi connectivity index (χ2v) is 7.35. The first-order chi connectivity index (χ1) is 15.1. The van der Waals surface area contributed by atoms with Gasteiger partial charge in [-0.1, -0.05) is 18.2 Å². The molecule has 0 radical (unpaired) electrons. The van der Waals surface area contributed by atoms with E-state index in [2.05, 4.69) is 17.0 Å². The highest BCUT2D eigenvalue weighted by Crippen LogP contribution is 2.18. The van der Waals surface area contributed by atoms with Gasteiger partial charge in [0.05, 0.1) is 0 Å². The van der Waals surface area contributed by atoms with E-state index >= 15 is 0 Å². The predicted molar refractivity (Wildman–Crippen MR) is 117 cm³/mol. The summed E-state index contributed by atoms with van der Waals surface area (Å²) in [5.41, 5.74) is 2.06. The molecule has 0 aromatic heterocycles. The van der Waals surface area contributed by atoms with Crippen molar-refractivity contribution in [3.05, 3.63) is 95.8 Å². The van der Waals surface area contributed by atoms with Gasteiger partial charge in [0.25, 0.3) is 5.91 Å². The van der Waals surface area contributed by atoms with Gasteiger partial charge in [0.1, 0.15) is 11.6 Å². The Balaban J connectivity index is 1.27. The zero-order valence-electron chi connectivity index (χ0n) is 17.0.